The molecule has 1 N–H and O–H groups in total. The van der Waals surface area contributed by atoms with Crippen LogP contribution in [0, 0.1) is 5.92 Å². The minimum absolute atomic E-state index is 0.0842. The summed E-state index contributed by atoms with van der Waals surface area (Å²) in [6.07, 6.45) is 1.04. The molecule has 0 radical (unpaired) electrons. The standard InChI is InChI=1S/C20H22N2O4/c1-24-17-5-3-2-4-16(17)22-9-8-14(12-22)11-21-20(23)15-6-7-18-19(10-15)26-13-25-18/h2-7,10,14H,8-9,11-13H2,1H3,(H,21,23)/t14-/m0/s1. The van der Waals surface area contributed by atoms with Crippen molar-refractivity contribution in [2.24, 2.45) is 5.92 Å². The molecule has 2 aromatic rings. The van der Waals surface area contributed by atoms with Crippen molar-refractivity contribution in [3.63, 3.8) is 0 Å². The van der Waals surface area contributed by atoms with Gasteiger partial charge >= 0.3 is 0 Å². The molecule has 2 aromatic carbocycles. The number of nitrogens with zero attached hydrogens (tertiary/aromatic N) is 1. The van der Waals surface area contributed by atoms with Gasteiger partial charge in [0.1, 0.15) is 5.75 Å². The molecule has 6 heteroatoms. The van der Waals surface area contributed by atoms with Gasteiger partial charge in [0.2, 0.25) is 6.79 Å². The van der Waals surface area contributed by atoms with Crippen molar-refractivity contribution in [3.05, 3.63) is 48.0 Å². The summed E-state index contributed by atoms with van der Waals surface area (Å²) in [7, 11) is 1.69. The normalized spacial score (nSPS) is 18.0. The van der Waals surface area contributed by atoms with Crippen LogP contribution in [0.3, 0.4) is 0 Å². The number of ether oxygens (including phenoxy) is 3. The Morgan fingerprint density at radius 1 is 1.23 bits per heavy atom. The molecule has 0 unspecified atom stereocenters. The third-order valence-electron chi connectivity index (χ3n) is 4.90. The van der Waals surface area contributed by atoms with Crippen molar-refractivity contribution >= 4 is 11.6 Å². The topological polar surface area (TPSA) is 60.0 Å². The summed E-state index contributed by atoms with van der Waals surface area (Å²) >= 11 is 0. The summed E-state index contributed by atoms with van der Waals surface area (Å²) in [4.78, 5) is 14.7. The second kappa shape index (κ2) is 7.15. The fourth-order valence-corrected chi connectivity index (χ4v) is 3.49. The van der Waals surface area contributed by atoms with Gasteiger partial charge in [-0.15, -0.1) is 0 Å². The molecular formula is C20H22N2O4. The van der Waals surface area contributed by atoms with Crippen molar-refractivity contribution in [2.45, 2.75) is 6.42 Å². The quantitative estimate of drug-likeness (QED) is 0.895. The molecule has 1 saturated heterocycles. The average Bonchev–Trinajstić information content (AvgIpc) is 3.34. The Hall–Kier alpha value is -2.89. The van der Waals surface area contributed by atoms with E-state index in [1.807, 2.05) is 18.2 Å². The molecule has 26 heavy (non-hydrogen) atoms. The summed E-state index contributed by atoms with van der Waals surface area (Å²) in [5.41, 5.74) is 1.70. The predicted molar refractivity (Wildman–Crippen MR) is 98.2 cm³/mol. The van der Waals surface area contributed by atoms with Gasteiger partial charge in [-0.1, -0.05) is 12.1 Å². The molecule has 2 aliphatic rings. The second-order valence-corrected chi connectivity index (χ2v) is 6.55. The van der Waals surface area contributed by atoms with E-state index in [0.717, 1.165) is 30.9 Å². The number of hydrogen-bond donors (Lipinski definition) is 1. The van der Waals surface area contributed by atoms with Crippen molar-refractivity contribution in [3.8, 4) is 17.2 Å². The highest BCUT2D eigenvalue weighted by Crippen LogP contribution is 2.33. The Balaban J connectivity index is 1.33. The molecule has 0 bridgehead atoms. The van der Waals surface area contributed by atoms with Gasteiger partial charge in [0, 0.05) is 25.2 Å². The summed E-state index contributed by atoms with van der Waals surface area (Å²) < 4.78 is 16.1. The zero-order valence-electron chi connectivity index (χ0n) is 14.7. The van der Waals surface area contributed by atoms with Crippen LogP contribution in [0.25, 0.3) is 0 Å². The number of benzene rings is 2. The van der Waals surface area contributed by atoms with Crippen LogP contribution < -0.4 is 24.4 Å². The number of fused-ring (bicyclic) bond motifs is 1. The van der Waals surface area contributed by atoms with E-state index in [-0.39, 0.29) is 12.7 Å². The number of rotatable bonds is 5. The van der Waals surface area contributed by atoms with Crippen LogP contribution in [0.1, 0.15) is 16.8 Å². The molecule has 2 heterocycles. The van der Waals surface area contributed by atoms with Crippen LogP contribution >= 0.6 is 0 Å². The average molecular weight is 354 g/mol. The zero-order valence-corrected chi connectivity index (χ0v) is 14.7. The van der Waals surface area contributed by atoms with Crippen molar-refractivity contribution < 1.29 is 19.0 Å². The summed E-state index contributed by atoms with van der Waals surface area (Å²) in [5.74, 6) is 2.53. The van der Waals surface area contributed by atoms with Crippen molar-refractivity contribution in [2.75, 3.05) is 38.4 Å². The molecule has 0 spiro atoms. The Morgan fingerprint density at radius 2 is 2.08 bits per heavy atom. The fraction of sp³-hybridized carbons (Fsp3) is 0.350. The Morgan fingerprint density at radius 3 is 2.96 bits per heavy atom. The predicted octanol–water partition coefficient (Wildman–Crippen LogP) is 2.68. The lowest BCUT2D eigenvalue weighted by Crippen LogP contribution is -2.31. The first kappa shape index (κ1) is 16.6. The van der Waals surface area contributed by atoms with E-state index >= 15 is 0 Å². The number of methoxy groups -OCH3 is 1. The summed E-state index contributed by atoms with van der Waals surface area (Å²) in [6.45, 7) is 2.73. The molecule has 1 amide bonds. The lowest BCUT2D eigenvalue weighted by Gasteiger charge is -2.21. The number of carbonyl (C=O) groups is 1. The van der Waals surface area contributed by atoms with Gasteiger partial charge in [-0.25, -0.2) is 0 Å². The van der Waals surface area contributed by atoms with E-state index in [0.29, 0.717) is 29.5 Å². The van der Waals surface area contributed by atoms with Crippen molar-refractivity contribution in [1.82, 2.24) is 5.32 Å². The fourth-order valence-electron chi connectivity index (χ4n) is 3.49. The lowest BCUT2D eigenvalue weighted by atomic mass is 10.1. The molecule has 1 atom stereocenters. The molecule has 136 valence electrons. The maximum Gasteiger partial charge on any atom is 0.251 e. The molecule has 0 aromatic heterocycles. The third kappa shape index (κ3) is 3.27. The number of para-hydroxylation sites is 2. The van der Waals surface area contributed by atoms with Crippen LogP contribution in [-0.4, -0.2) is 39.4 Å². The Kier molecular flexibility index (Phi) is 4.56. The number of carbonyl (C=O) groups excluding carboxylic acids is 1. The largest absolute Gasteiger partial charge is 0.495 e. The van der Waals surface area contributed by atoms with Gasteiger partial charge in [0.05, 0.1) is 12.8 Å². The van der Waals surface area contributed by atoms with Gasteiger partial charge in [-0.2, -0.15) is 0 Å². The van der Waals surface area contributed by atoms with E-state index in [4.69, 9.17) is 14.2 Å². The molecule has 4 rings (SSSR count). The van der Waals surface area contributed by atoms with Crippen LogP contribution in [0.4, 0.5) is 5.69 Å². The minimum Gasteiger partial charge on any atom is -0.495 e. The Bertz CT molecular complexity index is 808. The third-order valence-corrected chi connectivity index (χ3v) is 4.90. The van der Waals surface area contributed by atoms with Crippen LogP contribution in [0.2, 0.25) is 0 Å². The van der Waals surface area contributed by atoms with Gasteiger partial charge in [0.15, 0.2) is 11.5 Å². The van der Waals surface area contributed by atoms with E-state index in [2.05, 4.69) is 16.3 Å². The maximum absolute atomic E-state index is 12.4. The van der Waals surface area contributed by atoms with Gasteiger partial charge in [-0.05, 0) is 42.7 Å². The first-order chi connectivity index (χ1) is 12.7. The number of hydrogen-bond acceptors (Lipinski definition) is 5. The SMILES string of the molecule is COc1ccccc1N1CC[C@@H](CNC(=O)c2ccc3c(c2)OCO3)C1. The molecule has 2 aliphatic heterocycles. The molecule has 0 saturated carbocycles. The smallest absolute Gasteiger partial charge is 0.251 e. The highest BCUT2D eigenvalue weighted by atomic mass is 16.7. The highest BCUT2D eigenvalue weighted by molar-refractivity contribution is 5.94. The molecule has 1 fully saturated rings. The Labute approximate surface area is 152 Å². The van der Waals surface area contributed by atoms with E-state index in [1.54, 1.807) is 25.3 Å². The second-order valence-electron chi connectivity index (χ2n) is 6.55. The minimum atomic E-state index is -0.0842. The number of nitrogens with one attached hydrogen (secondary N) is 1. The van der Waals surface area contributed by atoms with Crippen LogP contribution in [-0.2, 0) is 0 Å². The van der Waals surface area contributed by atoms with Crippen LogP contribution in [0.15, 0.2) is 42.5 Å². The molecule has 0 aliphatic carbocycles. The zero-order chi connectivity index (χ0) is 17.9. The molecular weight excluding hydrogens is 332 g/mol. The van der Waals surface area contributed by atoms with Crippen molar-refractivity contribution in [1.29, 1.82) is 0 Å². The monoisotopic (exact) mass is 354 g/mol. The summed E-state index contributed by atoms with van der Waals surface area (Å²) in [6, 6.07) is 13.3. The van der Waals surface area contributed by atoms with Gasteiger partial charge in [-0.3, -0.25) is 4.79 Å². The lowest BCUT2D eigenvalue weighted by molar-refractivity contribution is 0.0948. The van der Waals surface area contributed by atoms with E-state index < -0.39 is 0 Å². The first-order valence-electron chi connectivity index (χ1n) is 8.80. The number of anilines is 1. The first-order valence-corrected chi connectivity index (χ1v) is 8.80. The summed E-state index contributed by atoms with van der Waals surface area (Å²) in [5, 5.41) is 3.04. The van der Waals surface area contributed by atoms with Gasteiger partial charge in [0.25, 0.3) is 5.91 Å². The van der Waals surface area contributed by atoms with Gasteiger partial charge < -0.3 is 24.4 Å². The van der Waals surface area contributed by atoms with E-state index in [9.17, 15) is 4.79 Å². The highest BCUT2D eigenvalue weighted by Gasteiger charge is 2.25. The van der Waals surface area contributed by atoms with E-state index in [1.165, 1.54) is 0 Å². The molecule has 6 nitrogen and oxygen atoms in total. The number of amides is 1. The van der Waals surface area contributed by atoms with Crippen LogP contribution in [0.5, 0.6) is 17.2 Å². The maximum atomic E-state index is 12.4.